The predicted octanol–water partition coefficient (Wildman–Crippen LogP) is 0.464. The lowest BCUT2D eigenvalue weighted by Crippen LogP contribution is -2.43. The first-order valence-electron chi connectivity index (χ1n) is 6.07. The van der Waals surface area contributed by atoms with E-state index < -0.39 is 17.9 Å². The van der Waals surface area contributed by atoms with Gasteiger partial charge in [-0.05, 0) is 18.4 Å². The number of carbonyl (C=O) groups is 2. The number of amides is 1. The number of nitrogens with zero attached hydrogens (tertiary/aromatic N) is 1. The molecular formula is C13H18N2O4. The lowest BCUT2D eigenvalue weighted by Gasteiger charge is -2.16. The van der Waals surface area contributed by atoms with Crippen molar-refractivity contribution in [1.82, 2.24) is 9.88 Å². The van der Waals surface area contributed by atoms with Gasteiger partial charge in [0, 0.05) is 12.3 Å². The number of hydrogen-bond acceptors (Lipinski definition) is 3. The summed E-state index contributed by atoms with van der Waals surface area (Å²) in [5, 5.41) is 11.4. The van der Waals surface area contributed by atoms with E-state index in [0.717, 1.165) is 0 Å². The standard InChI is InChI=1S/C13H18N2O4/c1-9(2)7-10(13(18)19)14-11(16)8-15-6-4-3-5-12(15)17/h3-6,9-10H,7-8H2,1-2H3,(H,14,16)(H,18,19)/t10-/m0/s1. The van der Waals surface area contributed by atoms with E-state index in [0.29, 0.717) is 6.42 Å². The molecule has 1 amide bonds. The molecule has 1 heterocycles. The van der Waals surface area contributed by atoms with Gasteiger partial charge in [-0.15, -0.1) is 0 Å². The van der Waals surface area contributed by atoms with Crippen LogP contribution in [0, 0.1) is 5.92 Å². The highest BCUT2D eigenvalue weighted by Crippen LogP contribution is 2.04. The van der Waals surface area contributed by atoms with Gasteiger partial charge in [-0.1, -0.05) is 19.9 Å². The van der Waals surface area contributed by atoms with Gasteiger partial charge < -0.3 is 15.0 Å². The fourth-order valence-electron chi connectivity index (χ4n) is 1.68. The molecule has 1 aromatic rings. The summed E-state index contributed by atoms with van der Waals surface area (Å²) in [6.45, 7) is 3.58. The summed E-state index contributed by atoms with van der Waals surface area (Å²) in [7, 11) is 0. The van der Waals surface area contributed by atoms with E-state index >= 15 is 0 Å². The molecule has 1 atom stereocenters. The third-order valence-electron chi connectivity index (χ3n) is 2.55. The summed E-state index contributed by atoms with van der Waals surface area (Å²) in [5.41, 5.74) is -0.298. The van der Waals surface area contributed by atoms with Gasteiger partial charge in [0.1, 0.15) is 12.6 Å². The molecule has 0 saturated carbocycles. The van der Waals surface area contributed by atoms with E-state index in [1.165, 1.54) is 16.8 Å². The van der Waals surface area contributed by atoms with Crippen molar-refractivity contribution in [3.8, 4) is 0 Å². The topological polar surface area (TPSA) is 88.4 Å². The predicted molar refractivity (Wildman–Crippen MR) is 69.7 cm³/mol. The molecule has 0 aromatic carbocycles. The molecule has 0 saturated heterocycles. The number of hydrogen-bond donors (Lipinski definition) is 2. The Balaban J connectivity index is 2.66. The maximum Gasteiger partial charge on any atom is 0.326 e. The zero-order chi connectivity index (χ0) is 14.4. The normalized spacial score (nSPS) is 12.2. The Kier molecular flexibility index (Phi) is 5.29. The average molecular weight is 266 g/mol. The zero-order valence-corrected chi connectivity index (χ0v) is 11.0. The van der Waals surface area contributed by atoms with Crippen LogP contribution >= 0.6 is 0 Å². The van der Waals surface area contributed by atoms with Crippen LogP contribution in [-0.4, -0.2) is 27.6 Å². The van der Waals surface area contributed by atoms with Crippen LogP contribution in [0.3, 0.4) is 0 Å². The van der Waals surface area contributed by atoms with Crippen molar-refractivity contribution >= 4 is 11.9 Å². The SMILES string of the molecule is CC(C)C[C@H](NC(=O)Cn1ccccc1=O)C(=O)O. The Hall–Kier alpha value is -2.11. The van der Waals surface area contributed by atoms with E-state index in [1.54, 1.807) is 12.1 Å². The fraction of sp³-hybridized carbons (Fsp3) is 0.462. The van der Waals surface area contributed by atoms with E-state index in [4.69, 9.17) is 5.11 Å². The van der Waals surface area contributed by atoms with Crippen molar-refractivity contribution in [1.29, 1.82) is 0 Å². The van der Waals surface area contributed by atoms with Gasteiger partial charge in [0.25, 0.3) is 5.56 Å². The number of carbonyl (C=O) groups excluding carboxylic acids is 1. The van der Waals surface area contributed by atoms with Crippen molar-refractivity contribution in [3.05, 3.63) is 34.7 Å². The highest BCUT2D eigenvalue weighted by Gasteiger charge is 2.21. The van der Waals surface area contributed by atoms with E-state index in [-0.39, 0.29) is 18.0 Å². The molecule has 0 aliphatic carbocycles. The molecule has 0 bridgehead atoms. The van der Waals surface area contributed by atoms with Crippen LogP contribution in [0.5, 0.6) is 0 Å². The lowest BCUT2D eigenvalue weighted by atomic mass is 10.0. The molecule has 0 spiro atoms. The van der Waals surface area contributed by atoms with E-state index in [1.807, 2.05) is 13.8 Å². The largest absolute Gasteiger partial charge is 0.480 e. The molecule has 19 heavy (non-hydrogen) atoms. The Morgan fingerprint density at radius 2 is 2.05 bits per heavy atom. The van der Waals surface area contributed by atoms with Crippen molar-refractivity contribution < 1.29 is 14.7 Å². The van der Waals surface area contributed by atoms with Gasteiger partial charge in [-0.25, -0.2) is 4.79 Å². The number of carboxylic acids is 1. The monoisotopic (exact) mass is 266 g/mol. The molecule has 2 N–H and O–H groups in total. The van der Waals surface area contributed by atoms with Gasteiger partial charge in [0.2, 0.25) is 5.91 Å². The molecule has 104 valence electrons. The molecule has 1 aromatic heterocycles. The first kappa shape index (κ1) is 14.9. The lowest BCUT2D eigenvalue weighted by molar-refractivity contribution is -0.142. The van der Waals surface area contributed by atoms with E-state index in [9.17, 15) is 14.4 Å². The summed E-state index contributed by atoms with van der Waals surface area (Å²) in [5.74, 6) is -1.40. The maximum absolute atomic E-state index is 11.7. The molecule has 1 rings (SSSR count). The van der Waals surface area contributed by atoms with Crippen LogP contribution < -0.4 is 10.9 Å². The summed E-state index contributed by atoms with van der Waals surface area (Å²) in [6, 6.07) is 3.63. The minimum absolute atomic E-state index is 0.154. The van der Waals surface area contributed by atoms with E-state index in [2.05, 4.69) is 5.32 Å². The Morgan fingerprint density at radius 1 is 1.37 bits per heavy atom. The molecule has 6 heteroatoms. The van der Waals surface area contributed by atoms with Gasteiger partial charge in [-0.2, -0.15) is 0 Å². The van der Waals surface area contributed by atoms with Crippen molar-refractivity contribution in [2.75, 3.05) is 0 Å². The van der Waals surface area contributed by atoms with Crippen LogP contribution in [0.15, 0.2) is 29.2 Å². The van der Waals surface area contributed by atoms with Crippen molar-refractivity contribution in [2.24, 2.45) is 5.92 Å². The second-order valence-corrected chi connectivity index (χ2v) is 4.75. The summed E-state index contributed by atoms with van der Waals surface area (Å²) < 4.78 is 1.23. The van der Waals surface area contributed by atoms with Crippen LogP contribution in [-0.2, 0) is 16.1 Å². The Morgan fingerprint density at radius 3 is 2.58 bits per heavy atom. The highest BCUT2D eigenvalue weighted by molar-refractivity contribution is 5.83. The fourth-order valence-corrected chi connectivity index (χ4v) is 1.68. The second kappa shape index (κ2) is 6.72. The molecule has 0 aliphatic rings. The maximum atomic E-state index is 11.7. The van der Waals surface area contributed by atoms with Gasteiger partial charge >= 0.3 is 5.97 Å². The minimum atomic E-state index is -1.07. The minimum Gasteiger partial charge on any atom is -0.480 e. The molecule has 0 radical (unpaired) electrons. The molecule has 0 unspecified atom stereocenters. The quantitative estimate of drug-likeness (QED) is 0.783. The Labute approximate surface area is 111 Å². The average Bonchev–Trinajstić information content (AvgIpc) is 2.30. The van der Waals surface area contributed by atoms with Crippen LogP contribution in [0.1, 0.15) is 20.3 Å². The third kappa shape index (κ3) is 4.95. The number of rotatable bonds is 6. The van der Waals surface area contributed by atoms with Crippen molar-refractivity contribution in [2.45, 2.75) is 32.9 Å². The molecule has 0 aliphatic heterocycles. The smallest absolute Gasteiger partial charge is 0.326 e. The number of pyridine rings is 1. The summed E-state index contributed by atoms with van der Waals surface area (Å²) in [6.07, 6.45) is 1.84. The first-order chi connectivity index (χ1) is 8.90. The van der Waals surface area contributed by atoms with Gasteiger partial charge in [0.15, 0.2) is 0 Å². The summed E-state index contributed by atoms with van der Waals surface area (Å²) >= 11 is 0. The van der Waals surface area contributed by atoms with Crippen molar-refractivity contribution in [3.63, 3.8) is 0 Å². The highest BCUT2D eigenvalue weighted by atomic mass is 16.4. The molecule has 6 nitrogen and oxygen atoms in total. The third-order valence-corrected chi connectivity index (χ3v) is 2.55. The first-order valence-corrected chi connectivity index (χ1v) is 6.07. The second-order valence-electron chi connectivity index (χ2n) is 4.75. The summed E-state index contributed by atoms with van der Waals surface area (Å²) in [4.78, 5) is 34.2. The van der Waals surface area contributed by atoms with Crippen LogP contribution in [0.4, 0.5) is 0 Å². The Bertz CT molecular complexity index is 507. The van der Waals surface area contributed by atoms with Crippen LogP contribution in [0.25, 0.3) is 0 Å². The number of aromatic nitrogens is 1. The van der Waals surface area contributed by atoms with Crippen LogP contribution in [0.2, 0.25) is 0 Å². The van der Waals surface area contributed by atoms with Gasteiger partial charge in [0.05, 0.1) is 0 Å². The molecular weight excluding hydrogens is 248 g/mol. The van der Waals surface area contributed by atoms with Gasteiger partial charge in [-0.3, -0.25) is 9.59 Å². The number of carboxylic acid groups (broad SMARTS) is 1. The molecule has 0 fully saturated rings. The number of nitrogens with one attached hydrogen (secondary N) is 1. The zero-order valence-electron chi connectivity index (χ0n) is 11.0. The number of aliphatic carboxylic acids is 1.